The molecular weight excluding hydrogens is 398 g/mol. The lowest BCUT2D eigenvalue weighted by atomic mass is 9.84. The van der Waals surface area contributed by atoms with Crippen LogP contribution in [0.25, 0.3) is 0 Å². The van der Waals surface area contributed by atoms with Gasteiger partial charge in [0.25, 0.3) is 0 Å². The summed E-state index contributed by atoms with van der Waals surface area (Å²) in [5, 5.41) is 10.0. The van der Waals surface area contributed by atoms with Crippen molar-refractivity contribution in [1.29, 1.82) is 4.78 Å². The van der Waals surface area contributed by atoms with Crippen LogP contribution in [-0.4, -0.2) is 20.9 Å². The number of carbonyl (C=O) groups is 1. The van der Waals surface area contributed by atoms with E-state index in [1.807, 2.05) is 0 Å². The second kappa shape index (κ2) is 8.31. The second-order valence-electron chi connectivity index (χ2n) is 9.44. The van der Waals surface area contributed by atoms with Crippen molar-refractivity contribution in [1.82, 2.24) is 0 Å². The molecule has 0 bridgehead atoms. The molecule has 2 N–H and O–H groups in total. The summed E-state index contributed by atoms with van der Waals surface area (Å²) in [6.07, 6.45) is 3.93. The van der Waals surface area contributed by atoms with Crippen LogP contribution >= 0.6 is 0 Å². The minimum absolute atomic E-state index is 0.0586. The smallest absolute Gasteiger partial charge is 0.199 e. The molecule has 1 saturated carbocycles. The number of hydrogen-bond donors (Lipinski definition) is 2. The van der Waals surface area contributed by atoms with Gasteiger partial charge < -0.3 is 9.52 Å². The summed E-state index contributed by atoms with van der Waals surface area (Å²) in [5.41, 5.74) is 2.66. The number of nitrogens with one attached hydrogen (secondary N) is 1. The van der Waals surface area contributed by atoms with E-state index in [4.69, 9.17) is 9.20 Å². The zero-order valence-electron chi connectivity index (χ0n) is 18.5. The van der Waals surface area contributed by atoms with Crippen LogP contribution in [0, 0.1) is 10.7 Å². The Morgan fingerprint density at radius 3 is 2.43 bits per heavy atom. The van der Waals surface area contributed by atoms with Crippen LogP contribution in [-0.2, 0) is 26.5 Å². The van der Waals surface area contributed by atoms with Crippen molar-refractivity contribution >= 4 is 15.5 Å². The van der Waals surface area contributed by atoms with Crippen molar-refractivity contribution in [3.05, 3.63) is 52.8 Å². The van der Waals surface area contributed by atoms with E-state index in [0.717, 1.165) is 11.1 Å². The first kappa shape index (κ1) is 22.8. The highest BCUT2D eigenvalue weighted by Crippen LogP contribution is 2.44. The Kier molecular flexibility index (Phi) is 6.30. The van der Waals surface area contributed by atoms with Gasteiger partial charge in [-0.3, -0.25) is 4.79 Å². The SMILES string of the molecule is CC(C)c1cccc([C@H](C)C2CC2)c1CC(=O)C[S@@](=N)(=O)c1cc(C(C)(C)O)co1. The third-order valence-corrected chi connectivity index (χ3v) is 7.63. The van der Waals surface area contributed by atoms with Crippen LogP contribution in [0.3, 0.4) is 0 Å². The van der Waals surface area contributed by atoms with Crippen LogP contribution in [0.1, 0.15) is 81.5 Å². The lowest BCUT2D eigenvalue weighted by Gasteiger charge is -2.21. The van der Waals surface area contributed by atoms with Crippen molar-refractivity contribution in [2.45, 2.75) is 76.4 Å². The van der Waals surface area contributed by atoms with E-state index in [-0.39, 0.29) is 23.2 Å². The number of carbonyl (C=O) groups excluding carboxylic acids is 1. The number of aliphatic hydroxyl groups is 1. The monoisotopic (exact) mass is 431 g/mol. The molecule has 0 unspecified atom stereocenters. The number of ketones is 1. The lowest BCUT2D eigenvalue weighted by Crippen LogP contribution is -2.19. The third-order valence-electron chi connectivity index (χ3n) is 6.04. The van der Waals surface area contributed by atoms with E-state index in [2.05, 4.69) is 39.0 Å². The summed E-state index contributed by atoms with van der Waals surface area (Å²) in [4.78, 5) is 13.0. The van der Waals surface area contributed by atoms with Crippen molar-refractivity contribution in [2.75, 3.05) is 5.75 Å². The first-order chi connectivity index (χ1) is 13.9. The maximum atomic E-state index is 13.0. The summed E-state index contributed by atoms with van der Waals surface area (Å²) in [5.74, 6) is 0.721. The van der Waals surface area contributed by atoms with Crippen molar-refractivity contribution in [3.8, 4) is 0 Å². The zero-order chi connectivity index (χ0) is 22.3. The van der Waals surface area contributed by atoms with E-state index in [9.17, 15) is 14.1 Å². The minimum Gasteiger partial charge on any atom is -0.454 e. The van der Waals surface area contributed by atoms with Gasteiger partial charge >= 0.3 is 0 Å². The number of furan rings is 1. The highest BCUT2D eigenvalue weighted by atomic mass is 32.2. The van der Waals surface area contributed by atoms with Crippen molar-refractivity contribution < 1.29 is 18.5 Å². The fraction of sp³-hybridized carbons (Fsp3) is 0.542. The normalized spacial score (nSPS) is 17.7. The molecule has 6 heteroatoms. The third kappa shape index (κ3) is 5.03. The van der Waals surface area contributed by atoms with Gasteiger partial charge in [0.2, 0.25) is 0 Å². The average Bonchev–Trinajstić information content (AvgIpc) is 3.34. The lowest BCUT2D eigenvalue weighted by molar-refractivity contribution is -0.116. The molecule has 0 saturated heterocycles. The van der Waals surface area contributed by atoms with Crippen LogP contribution in [0.15, 0.2) is 40.0 Å². The molecule has 1 fully saturated rings. The molecule has 164 valence electrons. The van der Waals surface area contributed by atoms with E-state index in [1.54, 1.807) is 13.8 Å². The molecule has 0 aliphatic heterocycles. The van der Waals surface area contributed by atoms with E-state index in [1.165, 1.54) is 30.7 Å². The van der Waals surface area contributed by atoms with Gasteiger partial charge in [0.1, 0.15) is 9.73 Å². The Morgan fingerprint density at radius 1 is 1.27 bits per heavy atom. The number of hydrogen-bond acceptors (Lipinski definition) is 5. The Balaban J connectivity index is 1.84. The predicted octanol–water partition coefficient (Wildman–Crippen LogP) is 5.36. The quantitative estimate of drug-likeness (QED) is 0.559. The summed E-state index contributed by atoms with van der Waals surface area (Å²) < 4.78 is 26.5. The molecule has 3 rings (SSSR count). The van der Waals surface area contributed by atoms with Gasteiger partial charge in [-0.2, -0.15) is 0 Å². The molecule has 1 aromatic heterocycles. The highest BCUT2D eigenvalue weighted by molar-refractivity contribution is 7.93. The van der Waals surface area contributed by atoms with Crippen molar-refractivity contribution in [2.24, 2.45) is 5.92 Å². The van der Waals surface area contributed by atoms with Gasteiger partial charge in [-0.15, -0.1) is 0 Å². The van der Waals surface area contributed by atoms with Gasteiger partial charge in [0.15, 0.2) is 10.9 Å². The van der Waals surface area contributed by atoms with Gasteiger partial charge in [-0.1, -0.05) is 39.0 Å². The predicted molar refractivity (Wildman–Crippen MR) is 118 cm³/mol. The maximum Gasteiger partial charge on any atom is 0.199 e. The standard InChI is InChI=1S/C24H33NO4S/c1-15(2)20-7-6-8-21(16(3)17-9-10-17)22(20)12-19(26)14-30(25,28)23-11-18(13-29-23)24(4,5)27/h6-8,11,13,15-17,25,27H,9-10,12,14H2,1-5H3/t16-,30-/m1/s1. The topological polar surface area (TPSA) is 91.4 Å². The molecule has 0 spiro atoms. The Labute approximate surface area is 179 Å². The first-order valence-corrected chi connectivity index (χ1v) is 12.3. The van der Waals surface area contributed by atoms with E-state index >= 15 is 0 Å². The van der Waals surface area contributed by atoms with Crippen LogP contribution in [0.2, 0.25) is 0 Å². The molecule has 1 aromatic carbocycles. The summed E-state index contributed by atoms with van der Waals surface area (Å²) in [6, 6.07) is 7.66. The number of rotatable bonds is 9. The van der Waals surface area contributed by atoms with E-state index in [0.29, 0.717) is 17.4 Å². The Morgan fingerprint density at radius 2 is 1.90 bits per heavy atom. The van der Waals surface area contributed by atoms with E-state index < -0.39 is 21.1 Å². The molecule has 5 nitrogen and oxygen atoms in total. The minimum atomic E-state index is -3.42. The molecule has 0 radical (unpaired) electrons. The van der Waals surface area contributed by atoms with Crippen LogP contribution in [0.5, 0.6) is 0 Å². The molecule has 2 aromatic rings. The number of Topliss-reactive ketones (excluding diaryl/α,β-unsaturated/α-hetero) is 1. The molecular formula is C24H33NO4S. The van der Waals surface area contributed by atoms with Gasteiger partial charge in [0, 0.05) is 18.1 Å². The zero-order valence-corrected chi connectivity index (χ0v) is 19.3. The van der Waals surface area contributed by atoms with Gasteiger partial charge in [-0.05, 0) is 61.1 Å². The fourth-order valence-corrected chi connectivity index (χ4v) is 5.22. The van der Waals surface area contributed by atoms with Crippen LogP contribution < -0.4 is 0 Å². The molecule has 0 amide bonds. The average molecular weight is 432 g/mol. The summed E-state index contributed by atoms with van der Waals surface area (Å²) in [6.45, 7) is 9.63. The van der Waals surface area contributed by atoms with Crippen LogP contribution in [0.4, 0.5) is 0 Å². The van der Waals surface area contributed by atoms with Crippen molar-refractivity contribution in [3.63, 3.8) is 0 Å². The Bertz CT molecular complexity index is 1020. The maximum absolute atomic E-state index is 13.0. The molecule has 30 heavy (non-hydrogen) atoms. The molecule has 2 atom stereocenters. The first-order valence-electron chi connectivity index (χ1n) is 10.6. The molecule has 1 heterocycles. The largest absolute Gasteiger partial charge is 0.454 e. The summed E-state index contributed by atoms with van der Waals surface area (Å²) >= 11 is 0. The summed E-state index contributed by atoms with van der Waals surface area (Å²) in [7, 11) is -3.42. The second-order valence-corrected chi connectivity index (χ2v) is 11.5. The molecule has 1 aliphatic rings. The fourth-order valence-electron chi connectivity index (χ4n) is 4.00. The Hall–Kier alpha value is -1.92. The van der Waals surface area contributed by atoms with Gasteiger partial charge in [-0.25, -0.2) is 8.99 Å². The number of benzene rings is 1. The van der Waals surface area contributed by atoms with Gasteiger partial charge in [0.05, 0.1) is 17.6 Å². The molecule has 1 aliphatic carbocycles. The highest BCUT2D eigenvalue weighted by Gasteiger charge is 2.32.